The van der Waals surface area contributed by atoms with E-state index < -0.39 is 0 Å². The van der Waals surface area contributed by atoms with Crippen molar-refractivity contribution in [3.63, 3.8) is 0 Å². The topological polar surface area (TPSA) is 61.0 Å². The number of likely N-dealkylation sites (tertiary alicyclic amines) is 1. The second kappa shape index (κ2) is 5.68. The number of anilines is 1. The summed E-state index contributed by atoms with van der Waals surface area (Å²) >= 11 is 1.36. The summed E-state index contributed by atoms with van der Waals surface area (Å²) in [6, 6.07) is 8.83. The Balaban J connectivity index is 1.47. The Bertz CT molecular complexity index is 932. The van der Waals surface area contributed by atoms with Crippen LogP contribution in [0.2, 0.25) is 0 Å². The molecular weight excluding hydrogens is 332 g/mol. The van der Waals surface area contributed by atoms with Crippen LogP contribution < -0.4 is 5.32 Å². The van der Waals surface area contributed by atoms with Crippen molar-refractivity contribution in [3.05, 3.63) is 47.0 Å². The van der Waals surface area contributed by atoms with E-state index in [2.05, 4.69) is 51.0 Å². The first-order valence-corrected chi connectivity index (χ1v) is 9.54. The van der Waals surface area contributed by atoms with Crippen molar-refractivity contribution in [2.45, 2.75) is 24.8 Å². The highest BCUT2D eigenvalue weighted by atomic mass is 32.1. The number of carbonyl (C=O) groups is 1. The molecule has 0 radical (unpaired) electrons. The van der Waals surface area contributed by atoms with Crippen LogP contribution in [-0.4, -0.2) is 39.8 Å². The van der Waals surface area contributed by atoms with Crippen LogP contribution in [0, 0.1) is 5.92 Å². The standard InChI is InChI=1S/C19H20N4OS/c1-23-10-12(19(24)21-17-5-6-25-22-17)7-14-13-3-2-4-15-18(13)11(9-20-15)8-16(14)23/h2-6,9,12,14,16,20H,7-8,10H2,1H3,(H,21,22,24)/t12-,14?,16-/m1/s1. The number of piperidine rings is 1. The average molecular weight is 352 g/mol. The summed E-state index contributed by atoms with van der Waals surface area (Å²) in [5, 5.41) is 6.23. The first-order chi connectivity index (χ1) is 12.2. The third-order valence-electron chi connectivity index (χ3n) is 5.79. The van der Waals surface area contributed by atoms with Gasteiger partial charge in [-0.25, -0.2) is 0 Å². The molecule has 128 valence electrons. The number of aromatic amines is 1. The van der Waals surface area contributed by atoms with Gasteiger partial charge in [0, 0.05) is 41.0 Å². The third kappa shape index (κ3) is 2.40. The maximum absolute atomic E-state index is 12.7. The SMILES string of the molecule is CN1C[C@H](C(=O)Nc2ccsn2)CC2c3cccc4[nH]cc(c34)C[C@H]21. The number of hydrogen-bond acceptors (Lipinski definition) is 4. The predicted molar refractivity (Wildman–Crippen MR) is 100 cm³/mol. The van der Waals surface area contributed by atoms with Crippen molar-refractivity contribution >= 4 is 34.2 Å². The molecule has 5 nitrogen and oxygen atoms in total. The number of amides is 1. The molecule has 6 heteroatoms. The molecule has 25 heavy (non-hydrogen) atoms. The van der Waals surface area contributed by atoms with Crippen LogP contribution in [0.3, 0.4) is 0 Å². The van der Waals surface area contributed by atoms with Crippen molar-refractivity contribution in [1.82, 2.24) is 14.3 Å². The zero-order chi connectivity index (χ0) is 17.0. The molecule has 1 fully saturated rings. The van der Waals surface area contributed by atoms with Crippen LogP contribution in [0.4, 0.5) is 5.82 Å². The van der Waals surface area contributed by atoms with Gasteiger partial charge in [-0.15, -0.1) is 0 Å². The van der Waals surface area contributed by atoms with Gasteiger partial charge in [0.1, 0.15) is 5.82 Å². The van der Waals surface area contributed by atoms with Gasteiger partial charge in [0.2, 0.25) is 5.91 Å². The lowest BCUT2D eigenvalue weighted by Crippen LogP contribution is -2.50. The van der Waals surface area contributed by atoms with E-state index in [0.29, 0.717) is 17.8 Å². The molecule has 0 spiro atoms. The van der Waals surface area contributed by atoms with Gasteiger partial charge in [0.15, 0.2) is 0 Å². The minimum absolute atomic E-state index is 0.0105. The van der Waals surface area contributed by atoms with E-state index in [0.717, 1.165) is 19.4 Å². The van der Waals surface area contributed by atoms with Gasteiger partial charge in [-0.05, 0) is 54.7 Å². The Kier molecular flexibility index (Phi) is 3.43. The Morgan fingerprint density at radius 1 is 1.40 bits per heavy atom. The largest absolute Gasteiger partial charge is 0.361 e. The molecule has 1 aliphatic heterocycles. The molecule has 1 amide bonds. The lowest BCUT2D eigenvalue weighted by Gasteiger charge is -2.45. The van der Waals surface area contributed by atoms with E-state index >= 15 is 0 Å². The summed E-state index contributed by atoms with van der Waals surface area (Å²) in [6.07, 6.45) is 4.10. The molecule has 1 aliphatic carbocycles. The average Bonchev–Trinajstić information content (AvgIpc) is 3.27. The molecule has 1 aromatic carbocycles. The van der Waals surface area contributed by atoms with Crippen LogP contribution in [0.5, 0.6) is 0 Å². The number of carbonyl (C=O) groups excluding carboxylic acids is 1. The van der Waals surface area contributed by atoms with E-state index in [-0.39, 0.29) is 11.8 Å². The number of H-pyrrole nitrogens is 1. The van der Waals surface area contributed by atoms with Gasteiger partial charge in [-0.3, -0.25) is 4.79 Å². The van der Waals surface area contributed by atoms with E-state index in [1.54, 1.807) is 0 Å². The lowest BCUT2D eigenvalue weighted by molar-refractivity contribution is -0.122. The van der Waals surface area contributed by atoms with Gasteiger partial charge in [0.25, 0.3) is 0 Å². The number of likely N-dealkylation sites (N-methyl/N-ethyl adjacent to an activating group) is 1. The molecule has 0 bridgehead atoms. The quantitative estimate of drug-likeness (QED) is 0.744. The van der Waals surface area contributed by atoms with Crippen molar-refractivity contribution < 1.29 is 4.79 Å². The van der Waals surface area contributed by atoms with E-state index in [9.17, 15) is 4.79 Å². The molecule has 1 saturated heterocycles. The fourth-order valence-corrected chi connectivity index (χ4v) is 5.11. The molecule has 0 saturated carbocycles. The van der Waals surface area contributed by atoms with Gasteiger partial charge >= 0.3 is 0 Å². The summed E-state index contributed by atoms with van der Waals surface area (Å²) in [5.41, 5.74) is 4.01. The molecule has 2 aromatic heterocycles. The summed E-state index contributed by atoms with van der Waals surface area (Å²) in [6.45, 7) is 0.798. The Labute approximate surface area is 150 Å². The van der Waals surface area contributed by atoms with Crippen LogP contribution in [-0.2, 0) is 11.2 Å². The van der Waals surface area contributed by atoms with Crippen LogP contribution in [0.25, 0.3) is 10.9 Å². The maximum atomic E-state index is 12.7. The van der Waals surface area contributed by atoms with Crippen molar-refractivity contribution in [3.8, 4) is 0 Å². The number of aromatic nitrogens is 2. The number of rotatable bonds is 2. The Morgan fingerprint density at radius 2 is 2.32 bits per heavy atom. The summed E-state index contributed by atoms with van der Waals surface area (Å²) < 4.78 is 4.20. The number of benzene rings is 1. The number of hydrogen-bond donors (Lipinski definition) is 2. The second-order valence-corrected chi connectivity index (χ2v) is 7.87. The van der Waals surface area contributed by atoms with Gasteiger partial charge in [-0.2, -0.15) is 4.37 Å². The van der Waals surface area contributed by atoms with Crippen molar-refractivity contribution in [2.75, 3.05) is 18.9 Å². The first kappa shape index (κ1) is 15.1. The van der Waals surface area contributed by atoms with Crippen LogP contribution in [0.15, 0.2) is 35.8 Å². The Hall–Kier alpha value is -2.18. The predicted octanol–water partition coefficient (Wildman–Crippen LogP) is 3.22. The van der Waals surface area contributed by atoms with Gasteiger partial charge < -0.3 is 15.2 Å². The third-order valence-corrected chi connectivity index (χ3v) is 6.35. The fraction of sp³-hybridized carbons (Fsp3) is 0.368. The van der Waals surface area contributed by atoms with Crippen LogP contribution in [0.1, 0.15) is 23.5 Å². The smallest absolute Gasteiger partial charge is 0.229 e. The minimum Gasteiger partial charge on any atom is -0.361 e. The maximum Gasteiger partial charge on any atom is 0.229 e. The molecule has 3 heterocycles. The van der Waals surface area contributed by atoms with E-state index in [4.69, 9.17) is 0 Å². The molecule has 3 aromatic rings. The van der Waals surface area contributed by atoms with Crippen LogP contribution >= 0.6 is 11.5 Å². The highest BCUT2D eigenvalue weighted by Crippen LogP contribution is 2.44. The van der Waals surface area contributed by atoms with E-state index in [1.807, 2.05) is 11.4 Å². The Morgan fingerprint density at radius 3 is 3.16 bits per heavy atom. The first-order valence-electron chi connectivity index (χ1n) is 8.71. The molecule has 5 rings (SSSR count). The normalized spacial score (nSPS) is 25.7. The zero-order valence-corrected chi connectivity index (χ0v) is 14.8. The van der Waals surface area contributed by atoms with Crippen molar-refractivity contribution in [2.24, 2.45) is 5.92 Å². The molecule has 3 atom stereocenters. The summed E-state index contributed by atoms with van der Waals surface area (Å²) in [7, 11) is 2.15. The lowest BCUT2D eigenvalue weighted by atomic mass is 9.72. The van der Waals surface area contributed by atoms with Crippen molar-refractivity contribution in [1.29, 1.82) is 0 Å². The van der Waals surface area contributed by atoms with Gasteiger partial charge in [-0.1, -0.05) is 12.1 Å². The fourth-order valence-electron chi connectivity index (χ4n) is 4.64. The highest BCUT2D eigenvalue weighted by molar-refractivity contribution is 7.03. The summed E-state index contributed by atoms with van der Waals surface area (Å²) in [5.74, 6) is 1.14. The molecule has 2 N–H and O–H groups in total. The summed E-state index contributed by atoms with van der Waals surface area (Å²) in [4.78, 5) is 18.5. The molecular formula is C19H20N4OS. The molecule has 2 aliphatic rings. The highest BCUT2D eigenvalue weighted by Gasteiger charge is 2.41. The number of nitrogens with one attached hydrogen (secondary N) is 2. The monoisotopic (exact) mass is 352 g/mol. The van der Waals surface area contributed by atoms with Gasteiger partial charge in [0.05, 0.1) is 5.92 Å². The number of nitrogens with zero attached hydrogens (tertiary/aromatic N) is 2. The second-order valence-electron chi connectivity index (χ2n) is 7.21. The zero-order valence-electron chi connectivity index (χ0n) is 14.0. The van der Waals surface area contributed by atoms with E-state index in [1.165, 1.54) is 33.6 Å². The molecule has 1 unspecified atom stereocenters. The number of fused-ring (bicyclic) bond motifs is 2. The minimum atomic E-state index is -0.0105.